The molecular formula is C17H15FN2O4S2. The van der Waals surface area contributed by atoms with Crippen molar-refractivity contribution in [3.63, 3.8) is 0 Å². The third-order valence-electron chi connectivity index (χ3n) is 3.66. The molecule has 0 bridgehead atoms. The van der Waals surface area contributed by atoms with Crippen LogP contribution in [0.5, 0.6) is 5.75 Å². The van der Waals surface area contributed by atoms with Crippen LogP contribution in [0, 0.1) is 5.82 Å². The lowest BCUT2D eigenvalue weighted by atomic mass is 10.1. The van der Waals surface area contributed by atoms with Gasteiger partial charge >= 0.3 is 0 Å². The topological polar surface area (TPSA) is 85.4 Å². The molecule has 0 aliphatic carbocycles. The van der Waals surface area contributed by atoms with Crippen LogP contribution >= 0.6 is 11.3 Å². The van der Waals surface area contributed by atoms with Crippen molar-refractivity contribution >= 4 is 42.3 Å². The summed E-state index contributed by atoms with van der Waals surface area (Å²) in [4.78, 5) is 16.7. The Hall–Kier alpha value is -2.52. The third kappa shape index (κ3) is 3.83. The van der Waals surface area contributed by atoms with E-state index in [1.807, 2.05) is 0 Å². The van der Waals surface area contributed by atoms with Gasteiger partial charge in [0.05, 0.1) is 28.8 Å². The Morgan fingerprint density at radius 1 is 1.27 bits per heavy atom. The smallest absolute Gasteiger partial charge is 0.184 e. The van der Waals surface area contributed by atoms with Crippen molar-refractivity contribution in [2.75, 3.05) is 25.2 Å². The van der Waals surface area contributed by atoms with E-state index in [0.717, 1.165) is 12.3 Å². The number of methoxy groups -OCH3 is 1. The molecule has 0 radical (unpaired) electrons. The molecule has 1 aromatic heterocycles. The maximum Gasteiger partial charge on any atom is 0.184 e. The van der Waals surface area contributed by atoms with Gasteiger partial charge < -0.3 is 10.1 Å². The van der Waals surface area contributed by atoms with Gasteiger partial charge in [-0.25, -0.2) is 17.8 Å². The zero-order valence-electron chi connectivity index (χ0n) is 13.9. The minimum atomic E-state index is -3.30. The first-order chi connectivity index (χ1) is 12.3. The van der Waals surface area contributed by atoms with Gasteiger partial charge in [0.1, 0.15) is 0 Å². The Kier molecular flexibility index (Phi) is 4.92. The number of sulfone groups is 1. The molecule has 3 aromatic rings. The number of hydrogen-bond acceptors (Lipinski definition) is 7. The lowest BCUT2D eigenvalue weighted by molar-refractivity contribution is 0.101. The second kappa shape index (κ2) is 7.00. The van der Waals surface area contributed by atoms with E-state index in [1.54, 1.807) is 12.1 Å². The number of carbonyl (C=O) groups is 1. The molecule has 9 heteroatoms. The average Bonchev–Trinajstić information content (AvgIpc) is 3.00. The number of benzene rings is 2. The summed E-state index contributed by atoms with van der Waals surface area (Å²) in [7, 11) is -1.95. The number of rotatable bonds is 6. The number of halogens is 1. The third-order valence-corrected chi connectivity index (χ3v) is 5.75. The highest BCUT2D eigenvalue weighted by atomic mass is 32.2. The Labute approximate surface area is 153 Å². The number of aromatic nitrogens is 1. The number of nitrogens with zero attached hydrogens (tertiary/aromatic N) is 1. The highest BCUT2D eigenvalue weighted by molar-refractivity contribution is 7.90. The normalized spacial score (nSPS) is 11.5. The summed E-state index contributed by atoms with van der Waals surface area (Å²) in [5, 5.41) is 3.37. The second-order valence-corrected chi connectivity index (χ2v) is 8.59. The van der Waals surface area contributed by atoms with Gasteiger partial charge in [-0.05, 0) is 36.4 Å². The molecule has 0 aliphatic rings. The summed E-state index contributed by atoms with van der Waals surface area (Å²) in [6, 6.07) is 8.67. The van der Waals surface area contributed by atoms with E-state index in [1.165, 1.54) is 36.6 Å². The number of carbonyl (C=O) groups excluding carboxylic acids is 1. The minimum absolute atomic E-state index is 0.0650. The van der Waals surface area contributed by atoms with E-state index in [9.17, 15) is 17.6 Å². The fourth-order valence-electron chi connectivity index (χ4n) is 2.31. The number of Topliss-reactive ketones (excluding diaryl/α,β-unsaturated/α-hetero) is 1. The van der Waals surface area contributed by atoms with Gasteiger partial charge in [0.15, 0.2) is 32.3 Å². The van der Waals surface area contributed by atoms with Crippen LogP contribution in [-0.4, -0.2) is 39.1 Å². The second-order valence-electron chi connectivity index (χ2n) is 5.55. The lowest BCUT2D eigenvalue weighted by Gasteiger charge is -2.05. The largest absolute Gasteiger partial charge is 0.494 e. The van der Waals surface area contributed by atoms with Crippen LogP contribution in [0.4, 0.5) is 9.52 Å². The predicted octanol–water partition coefficient (Wildman–Crippen LogP) is 3.14. The quantitative estimate of drug-likeness (QED) is 0.647. The first kappa shape index (κ1) is 18.3. The number of thiazole rings is 1. The van der Waals surface area contributed by atoms with E-state index in [4.69, 9.17) is 4.74 Å². The number of hydrogen-bond donors (Lipinski definition) is 1. The molecule has 0 amide bonds. The molecule has 136 valence electrons. The molecule has 2 aromatic carbocycles. The predicted molar refractivity (Wildman–Crippen MR) is 98.5 cm³/mol. The van der Waals surface area contributed by atoms with Gasteiger partial charge in [0.25, 0.3) is 0 Å². The van der Waals surface area contributed by atoms with Crippen molar-refractivity contribution in [3.8, 4) is 5.75 Å². The van der Waals surface area contributed by atoms with Crippen molar-refractivity contribution < 1.29 is 22.3 Å². The molecule has 0 unspecified atom stereocenters. The molecule has 0 atom stereocenters. The molecule has 0 fully saturated rings. The first-order valence-electron chi connectivity index (χ1n) is 7.49. The number of anilines is 1. The van der Waals surface area contributed by atoms with E-state index in [0.29, 0.717) is 15.3 Å². The number of nitrogens with one attached hydrogen (secondary N) is 1. The maximum atomic E-state index is 13.7. The molecular weight excluding hydrogens is 379 g/mol. The van der Waals surface area contributed by atoms with Crippen LogP contribution in [-0.2, 0) is 9.84 Å². The lowest BCUT2D eigenvalue weighted by Crippen LogP contribution is -2.14. The zero-order valence-corrected chi connectivity index (χ0v) is 15.6. The Morgan fingerprint density at radius 2 is 2.04 bits per heavy atom. The van der Waals surface area contributed by atoms with Crippen LogP contribution in [0.15, 0.2) is 41.3 Å². The maximum absolute atomic E-state index is 13.7. The van der Waals surface area contributed by atoms with Crippen LogP contribution in [0.1, 0.15) is 10.4 Å². The zero-order chi connectivity index (χ0) is 18.9. The molecule has 0 spiro atoms. The van der Waals surface area contributed by atoms with E-state index >= 15 is 0 Å². The van der Waals surface area contributed by atoms with Gasteiger partial charge in [-0.1, -0.05) is 11.3 Å². The fourth-order valence-corrected chi connectivity index (χ4v) is 3.93. The summed E-state index contributed by atoms with van der Waals surface area (Å²) in [6.45, 7) is -0.0650. The summed E-state index contributed by atoms with van der Waals surface area (Å²) < 4.78 is 42.4. The van der Waals surface area contributed by atoms with Crippen LogP contribution in [0.3, 0.4) is 0 Å². The van der Waals surface area contributed by atoms with Crippen molar-refractivity contribution in [1.29, 1.82) is 0 Å². The summed E-state index contributed by atoms with van der Waals surface area (Å²) in [5.41, 5.74) is 0.851. The molecule has 26 heavy (non-hydrogen) atoms. The van der Waals surface area contributed by atoms with E-state index in [2.05, 4.69) is 10.3 Å². The molecule has 1 N–H and O–H groups in total. The molecule has 6 nitrogen and oxygen atoms in total. The van der Waals surface area contributed by atoms with Crippen molar-refractivity contribution in [2.24, 2.45) is 0 Å². The van der Waals surface area contributed by atoms with Gasteiger partial charge in [-0.15, -0.1) is 0 Å². The number of ether oxygens (including phenoxy) is 1. The van der Waals surface area contributed by atoms with Crippen LogP contribution < -0.4 is 10.1 Å². The SMILES string of the molecule is COc1ccc(C(=O)CNc2nc3ccc(S(C)(=O)=O)cc3s2)cc1F. The van der Waals surface area contributed by atoms with Crippen LogP contribution in [0.2, 0.25) is 0 Å². The molecule has 0 saturated heterocycles. The molecule has 0 saturated carbocycles. The highest BCUT2D eigenvalue weighted by Gasteiger charge is 2.13. The highest BCUT2D eigenvalue weighted by Crippen LogP contribution is 2.28. The van der Waals surface area contributed by atoms with Crippen molar-refractivity contribution in [3.05, 3.63) is 47.8 Å². The van der Waals surface area contributed by atoms with Gasteiger partial charge in [-0.3, -0.25) is 4.79 Å². The van der Waals surface area contributed by atoms with E-state index < -0.39 is 15.7 Å². The minimum Gasteiger partial charge on any atom is -0.494 e. The van der Waals surface area contributed by atoms with Crippen molar-refractivity contribution in [2.45, 2.75) is 4.90 Å². The Morgan fingerprint density at radius 3 is 2.69 bits per heavy atom. The molecule has 1 heterocycles. The van der Waals surface area contributed by atoms with Gasteiger partial charge in [0.2, 0.25) is 0 Å². The Bertz CT molecular complexity index is 1090. The molecule has 0 aliphatic heterocycles. The molecule has 3 rings (SSSR count). The van der Waals surface area contributed by atoms with Gasteiger partial charge in [-0.2, -0.15) is 0 Å². The fraction of sp³-hybridized carbons (Fsp3) is 0.176. The summed E-state index contributed by atoms with van der Waals surface area (Å²) >= 11 is 1.24. The number of fused-ring (bicyclic) bond motifs is 1. The number of ketones is 1. The Balaban J connectivity index is 1.75. The summed E-state index contributed by atoms with van der Waals surface area (Å²) in [6.07, 6.45) is 1.14. The first-order valence-corrected chi connectivity index (χ1v) is 10.2. The van der Waals surface area contributed by atoms with Crippen molar-refractivity contribution in [1.82, 2.24) is 4.98 Å². The van der Waals surface area contributed by atoms with Crippen LogP contribution in [0.25, 0.3) is 10.2 Å². The monoisotopic (exact) mass is 394 g/mol. The summed E-state index contributed by atoms with van der Waals surface area (Å²) in [5.74, 6) is -0.836. The van der Waals surface area contributed by atoms with E-state index in [-0.39, 0.29) is 28.5 Å². The standard InChI is InChI=1S/C17H15FN2O4S2/c1-24-15-6-3-10(7-12(15)18)14(21)9-19-17-20-13-5-4-11(26(2,22)23)8-16(13)25-17/h3-8H,9H2,1-2H3,(H,19,20). The average molecular weight is 394 g/mol. The van der Waals surface area contributed by atoms with Gasteiger partial charge in [0, 0.05) is 11.8 Å².